The molecule has 0 aliphatic rings. The number of hydrogen-bond acceptors (Lipinski definition) is 5. The topological polar surface area (TPSA) is 112 Å². The molecule has 4 aromatic carbocycles. The normalized spacial score (nSPS) is 12.2. The van der Waals surface area contributed by atoms with Crippen molar-refractivity contribution in [2.75, 3.05) is 5.32 Å². The predicted molar refractivity (Wildman–Crippen MR) is 171 cm³/mol. The zero-order valence-corrected chi connectivity index (χ0v) is 24.3. The smallest absolute Gasteiger partial charge is 0.320 e. The van der Waals surface area contributed by atoms with Crippen molar-refractivity contribution in [3.8, 4) is 0 Å². The molecule has 2 aromatic heterocycles. The highest BCUT2D eigenvalue weighted by atomic mass is 16.3. The van der Waals surface area contributed by atoms with E-state index >= 15 is 0 Å². The number of carbonyl (C=O) groups excluding carboxylic acids is 1. The van der Waals surface area contributed by atoms with Gasteiger partial charge in [-0.05, 0) is 29.2 Å². The molecule has 44 heavy (non-hydrogen) atoms. The number of urea groups is 1. The Bertz CT molecular complexity index is 1760. The quantitative estimate of drug-likeness (QED) is 0.153. The van der Waals surface area contributed by atoms with Crippen LogP contribution in [0.4, 0.5) is 10.6 Å². The van der Waals surface area contributed by atoms with Gasteiger partial charge in [0.1, 0.15) is 11.4 Å². The minimum atomic E-state index is -0.981. The zero-order chi connectivity index (χ0) is 30.5. The number of carbonyl (C=O) groups is 1. The second kappa shape index (κ2) is 12.5. The fourth-order valence-corrected chi connectivity index (χ4v) is 5.91. The van der Waals surface area contributed by atoms with E-state index in [1.807, 2.05) is 96.5 Å². The average molecular weight is 584 g/mol. The molecule has 0 radical (unpaired) electrons. The number of rotatable bonds is 9. The van der Waals surface area contributed by atoms with Crippen LogP contribution in [-0.4, -0.2) is 31.0 Å². The van der Waals surface area contributed by atoms with E-state index in [-0.39, 0.29) is 18.5 Å². The molecule has 0 saturated heterocycles. The number of hydrogen-bond donors (Lipinski definition) is 4. The molecule has 0 saturated carbocycles. The molecule has 2 heterocycles. The van der Waals surface area contributed by atoms with Gasteiger partial charge in [-0.25, -0.2) is 14.5 Å². The molecule has 0 fully saturated rings. The maximum atomic E-state index is 13.2. The van der Waals surface area contributed by atoms with Gasteiger partial charge >= 0.3 is 6.03 Å². The maximum absolute atomic E-state index is 13.2. The van der Waals surface area contributed by atoms with Gasteiger partial charge in [0.2, 0.25) is 0 Å². The van der Waals surface area contributed by atoms with E-state index in [9.17, 15) is 15.0 Å². The van der Waals surface area contributed by atoms with Gasteiger partial charge in [0.05, 0.1) is 36.2 Å². The van der Waals surface area contributed by atoms with Crippen LogP contribution in [0.3, 0.4) is 0 Å². The largest absolute Gasteiger partial charge is 0.390 e. The number of aromatic nitrogens is 3. The van der Waals surface area contributed by atoms with Crippen molar-refractivity contribution in [2.24, 2.45) is 0 Å². The van der Waals surface area contributed by atoms with Crippen molar-refractivity contribution in [3.63, 3.8) is 0 Å². The zero-order valence-electron chi connectivity index (χ0n) is 24.3. The van der Waals surface area contributed by atoms with Crippen LogP contribution in [0.5, 0.6) is 0 Å². The third-order valence-corrected chi connectivity index (χ3v) is 7.89. The molecule has 8 heteroatoms. The number of amides is 2. The van der Waals surface area contributed by atoms with Gasteiger partial charge in [0.25, 0.3) is 0 Å². The number of aliphatic hydroxyl groups is 2. The van der Waals surface area contributed by atoms with Gasteiger partial charge in [0, 0.05) is 11.5 Å². The van der Waals surface area contributed by atoms with E-state index in [1.165, 1.54) is 0 Å². The lowest BCUT2D eigenvalue weighted by atomic mass is 9.77. The first-order valence-corrected chi connectivity index (χ1v) is 14.5. The summed E-state index contributed by atoms with van der Waals surface area (Å²) in [6.07, 6.45) is 0. The third kappa shape index (κ3) is 5.21. The van der Waals surface area contributed by atoms with Crippen molar-refractivity contribution in [1.82, 2.24) is 20.1 Å². The summed E-state index contributed by atoms with van der Waals surface area (Å²) in [5.74, 6) is 0.244. The number of benzene rings is 4. The van der Waals surface area contributed by atoms with Crippen LogP contribution in [0, 0.1) is 0 Å². The van der Waals surface area contributed by atoms with Gasteiger partial charge in [-0.3, -0.25) is 5.32 Å². The van der Waals surface area contributed by atoms with Crippen LogP contribution in [-0.2, 0) is 18.8 Å². The molecular formula is C36H33N5O3. The number of aliphatic hydroxyl groups excluding tert-OH is 2. The SMILES string of the molecule is CC(NC(=O)Nc1cc2c(c(CO)n1)c(CO)nn2C(c1ccccc1)(c1ccccc1)c1ccccc1)c1ccccc1. The summed E-state index contributed by atoms with van der Waals surface area (Å²) in [5, 5.41) is 32.3. The Labute approximate surface area is 255 Å². The van der Waals surface area contributed by atoms with Gasteiger partial charge in [0.15, 0.2) is 0 Å². The Hall–Kier alpha value is -5.31. The summed E-state index contributed by atoms with van der Waals surface area (Å²) in [5.41, 5.74) is 4.07. The van der Waals surface area contributed by atoms with E-state index in [2.05, 4.69) is 52.0 Å². The van der Waals surface area contributed by atoms with Crippen LogP contribution in [0.1, 0.15) is 46.6 Å². The molecule has 1 unspecified atom stereocenters. The Morgan fingerprint density at radius 2 is 1.23 bits per heavy atom. The van der Waals surface area contributed by atoms with Crippen LogP contribution in [0.2, 0.25) is 0 Å². The fraction of sp³-hybridized carbons (Fsp3) is 0.139. The van der Waals surface area contributed by atoms with Crippen molar-refractivity contribution in [3.05, 3.63) is 161 Å². The highest BCUT2D eigenvalue weighted by Gasteiger charge is 2.41. The number of nitrogens with one attached hydrogen (secondary N) is 2. The lowest BCUT2D eigenvalue weighted by Crippen LogP contribution is -2.38. The molecule has 220 valence electrons. The molecule has 0 bridgehead atoms. The van der Waals surface area contributed by atoms with Gasteiger partial charge < -0.3 is 15.5 Å². The predicted octanol–water partition coefficient (Wildman–Crippen LogP) is 6.14. The molecule has 0 aliphatic heterocycles. The molecule has 6 aromatic rings. The maximum Gasteiger partial charge on any atom is 0.320 e. The Kier molecular flexibility index (Phi) is 8.18. The Morgan fingerprint density at radius 1 is 0.750 bits per heavy atom. The summed E-state index contributed by atoms with van der Waals surface area (Å²) >= 11 is 0. The van der Waals surface area contributed by atoms with Gasteiger partial charge in [-0.15, -0.1) is 0 Å². The van der Waals surface area contributed by atoms with Crippen LogP contribution in [0.15, 0.2) is 127 Å². The molecule has 8 nitrogen and oxygen atoms in total. The van der Waals surface area contributed by atoms with Gasteiger partial charge in [-0.1, -0.05) is 121 Å². The van der Waals surface area contributed by atoms with Crippen molar-refractivity contribution < 1.29 is 15.0 Å². The number of nitrogens with zero attached hydrogens (tertiary/aromatic N) is 3. The van der Waals surface area contributed by atoms with E-state index in [4.69, 9.17) is 5.10 Å². The number of fused-ring (bicyclic) bond motifs is 1. The second-order valence-electron chi connectivity index (χ2n) is 10.6. The summed E-state index contributed by atoms with van der Waals surface area (Å²) in [4.78, 5) is 17.7. The minimum Gasteiger partial charge on any atom is -0.390 e. The number of pyridine rings is 1. The highest BCUT2D eigenvalue weighted by molar-refractivity contribution is 5.93. The third-order valence-electron chi connectivity index (χ3n) is 7.89. The van der Waals surface area contributed by atoms with Crippen LogP contribution < -0.4 is 10.6 Å². The van der Waals surface area contributed by atoms with Crippen LogP contribution >= 0.6 is 0 Å². The summed E-state index contributed by atoms with van der Waals surface area (Å²) < 4.78 is 1.88. The van der Waals surface area contributed by atoms with Crippen molar-refractivity contribution in [2.45, 2.75) is 31.7 Å². The minimum absolute atomic E-state index is 0.244. The van der Waals surface area contributed by atoms with E-state index in [0.717, 1.165) is 22.3 Å². The Balaban J connectivity index is 1.57. The van der Waals surface area contributed by atoms with Gasteiger partial charge in [-0.2, -0.15) is 5.10 Å². The molecule has 4 N–H and O–H groups in total. The molecule has 6 rings (SSSR count). The fourth-order valence-electron chi connectivity index (χ4n) is 5.91. The van der Waals surface area contributed by atoms with E-state index < -0.39 is 18.2 Å². The lowest BCUT2D eigenvalue weighted by Gasteiger charge is -2.37. The molecular weight excluding hydrogens is 550 g/mol. The van der Waals surface area contributed by atoms with Crippen molar-refractivity contribution in [1.29, 1.82) is 0 Å². The monoisotopic (exact) mass is 583 g/mol. The summed E-state index contributed by atoms with van der Waals surface area (Å²) in [6, 6.07) is 40.9. The summed E-state index contributed by atoms with van der Waals surface area (Å²) in [7, 11) is 0. The first kappa shape index (κ1) is 28.8. The number of anilines is 1. The molecule has 0 aliphatic carbocycles. The molecule has 2 amide bonds. The summed E-state index contributed by atoms with van der Waals surface area (Å²) in [6.45, 7) is 1.12. The average Bonchev–Trinajstić information content (AvgIpc) is 3.45. The van der Waals surface area contributed by atoms with E-state index in [0.29, 0.717) is 22.3 Å². The van der Waals surface area contributed by atoms with E-state index in [1.54, 1.807) is 6.07 Å². The van der Waals surface area contributed by atoms with Crippen molar-refractivity contribution >= 4 is 22.8 Å². The first-order chi connectivity index (χ1) is 21.6. The molecule has 0 spiro atoms. The first-order valence-electron chi connectivity index (χ1n) is 14.5. The lowest BCUT2D eigenvalue weighted by molar-refractivity contribution is 0.249. The standard InChI is InChI=1S/C36H33N5O3/c1-25(26-14-6-2-7-15-26)37-35(44)39-33-22-32-34(30(23-42)38-33)31(24-43)40-41(32)36(27-16-8-3-9-17-27,28-18-10-4-11-19-28)29-20-12-5-13-21-29/h2-22,25,42-43H,23-24H2,1H3,(H2,37,38,39,44). The molecule has 1 atom stereocenters. The Morgan fingerprint density at radius 3 is 1.70 bits per heavy atom. The second-order valence-corrected chi connectivity index (χ2v) is 10.6. The highest BCUT2D eigenvalue weighted by Crippen LogP contribution is 2.43. The van der Waals surface area contributed by atoms with Crippen LogP contribution in [0.25, 0.3) is 10.9 Å².